The molecule has 2 aromatic carbocycles. The molecule has 0 aliphatic heterocycles. The minimum Gasteiger partial charge on any atom is -0.352 e. The van der Waals surface area contributed by atoms with E-state index in [0.29, 0.717) is 13.0 Å². The monoisotopic (exact) mass is 287 g/mol. The third kappa shape index (κ3) is 4.71. The van der Waals surface area contributed by atoms with Gasteiger partial charge in [-0.3, -0.25) is 4.79 Å². The van der Waals surface area contributed by atoms with Crippen molar-refractivity contribution in [1.29, 1.82) is 0 Å². The van der Waals surface area contributed by atoms with Crippen LogP contribution in [0.25, 0.3) is 0 Å². The van der Waals surface area contributed by atoms with Crippen molar-refractivity contribution in [1.82, 2.24) is 5.32 Å². The predicted molar refractivity (Wildman–Crippen MR) is 82.8 cm³/mol. The van der Waals surface area contributed by atoms with Crippen LogP contribution in [0.2, 0.25) is 5.02 Å². The molecule has 20 heavy (non-hydrogen) atoms. The van der Waals surface area contributed by atoms with Gasteiger partial charge in [-0.2, -0.15) is 0 Å². The zero-order valence-corrected chi connectivity index (χ0v) is 12.3. The Hall–Kier alpha value is -1.80. The lowest BCUT2D eigenvalue weighted by atomic mass is 10.1. The maximum atomic E-state index is 11.8. The Morgan fingerprint density at radius 1 is 1.00 bits per heavy atom. The van der Waals surface area contributed by atoms with E-state index in [1.807, 2.05) is 36.4 Å². The fraction of sp³-hybridized carbons (Fsp3) is 0.235. The maximum Gasteiger partial charge on any atom is 0.220 e. The van der Waals surface area contributed by atoms with Crippen molar-refractivity contribution in [2.75, 3.05) is 0 Å². The lowest BCUT2D eigenvalue weighted by Crippen LogP contribution is -2.22. The molecule has 2 rings (SSSR count). The number of aryl methyl sites for hydroxylation is 2. The summed E-state index contributed by atoms with van der Waals surface area (Å²) in [5, 5.41) is 3.66. The summed E-state index contributed by atoms with van der Waals surface area (Å²) in [7, 11) is 0. The topological polar surface area (TPSA) is 29.1 Å². The normalized spacial score (nSPS) is 10.3. The van der Waals surface area contributed by atoms with Crippen LogP contribution in [-0.4, -0.2) is 5.91 Å². The van der Waals surface area contributed by atoms with Gasteiger partial charge in [0.15, 0.2) is 0 Å². The molecule has 2 nitrogen and oxygen atoms in total. The van der Waals surface area contributed by atoms with Gasteiger partial charge in [0.1, 0.15) is 0 Å². The average molecular weight is 288 g/mol. The van der Waals surface area contributed by atoms with Crippen LogP contribution in [0.1, 0.15) is 23.1 Å². The average Bonchev–Trinajstić information content (AvgIpc) is 2.46. The Morgan fingerprint density at radius 2 is 1.60 bits per heavy atom. The molecular weight excluding hydrogens is 270 g/mol. The van der Waals surface area contributed by atoms with Crippen LogP contribution in [0.3, 0.4) is 0 Å². The zero-order valence-electron chi connectivity index (χ0n) is 11.5. The molecule has 1 amide bonds. The highest BCUT2D eigenvalue weighted by molar-refractivity contribution is 6.30. The highest BCUT2D eigenvalue weighted by Gasteiger charge is 2.02. The minimum absolute atomic E-state index is 0.0699. The van der Waals surface area contributed by atoms with E-state index in [2.05, 4.69) is 24.4 Å². The van der Waals surface area contributed by atoms with E-state index < -0.39 is 0 Å². The Bertz CT molecular complexity index is 509. The molecular formula is C17H18ClNO. The van der Waals surface area contributed by atoms with Crippen molar-refractivity contribution >= 4 is 17.5 Å². The van der Waals surface area contributed by atoms with Crippen LogP contribution < -0.4 is 5.32 Å². The number of benzene rings is 2. The molecule has 0 heterocycles. The quantitative estimate of drug-likeness (QED) is 0.888. The lowest BCUT2D eigenvalue weighted by Gasteiger charge is -2.06. The fourth-order valence-electron chi connectivity index (χ4n) is 1.90. The van der Waals surface area contributed by atoms with E-state index in [0.717, 1.165) is 22.6 Å². The molecule has 0 radical (unpaired) electrons. The van der Waals surface area contributed by atoms with E-state index in [-0.39, 0.29) is 5.91 Å². The van der Waals surface area contributed by atoms with Crippen LogP contribution in [0.4, 0.5) is 0 Å². The molecule has 3 heteroatoms. The summed E-state index contributed by atoms with van der Waals surface area (Å²) in [6.45, 7) is 2.63. The van der Waals surface area contributed by atoms with Crippen molar-refractivity contribution in [3.05, 3.63) is 70.2 Å². The van der Waals surface area contributed by atoms with Crippen LogP contribution in [0, 0.1) is 6.92 Å². The summed E-state index contributed by atoms with van der Waals surface area (Å²) < 4.78 is 0. The van der Waals surface area contributed by atoms with Crippen LogP contribution >= 0.6 is 11.6 Å². The molecule has 104 valence electrons. The predicted octanol–water partition coefficient (Wildman–Crippen LogP) is 3.90. The molecule has 0 bridgehead atoms. The first-order chi connectivity index (χ1) is 9.63. The number of carbonyl (C=O) groups excluding carboxylic acids is 1. The Morgan fingerprint density at radius 3 is 2.25 bits per heavy atom. The zero-order chi connectivity index (χ0) is 14.4. The largest absolute Gasteiger partial charge is 0.352 e. The number of rotatable bonds is 5. The number of nitrogens with one attached hydrogen (secondary N) is 1. The fourth-order valence-corrected chi connectivity index (χ4v) is 2.03. The number of carbonyl (C=O) groups is 1. The molecule has 0 aliphatic carbocycles. The number of hydrogen-bond donors (Lipinski definition) is 1. The third-order valence-electron chi connectivity index (χ3n) is 3.16. The van der Waals surface area contributed by atoms with Crippen molar-refractivity contribution in [3.8, 4) is 0 Å². The van der Waals surface area contributed by atoms with Crippen LogP contribution in [0.5, 0.6) is 0 Å². The Kier molecular flexibility index (Phi) is 5.19. The molecule has 0 atom stereocenters. The number of hydrogen-bond acceptors (Lipinski definition) is 1. The first kappa shape index (κ1) is 14.6. The molecule has 0 unspecified atom stereocenters. The van der Waals surface area contributed by atoms with Gasteiger partial charge in [-0.15, -0.1) is 0 Å². The second-order valence-corrected chi connectivity index (χ2v) is 5.33. The first-order valence-corrected chi connectivity index (χ1v) is 7.08. The molecule has 0 aromatic heterocycles. The number of amides is 1. The van der Waals surface area contributed by atoms with Crippen molar-refractivity contribution < 1.29 is 4.79 Å². The Balaban J connectivity index is 1.75. The van der Waals surface area contributed by atoms with Gasteiger partial charge in [0, 0.05) is 18.0 Å². The van der Waals surface area contributed by atoms with Gasteiger partial charge < -0.3 is 5.32 Å². The van der Waals surface area contributed by atoms with E-state index >= 15 is 0 Å². The third-order valence-corrected chi connectivity index (χ3v) is 3.42. The van der Waals surface area contributed by atoms with E-state index in [1.54, 1.807) is 0 Å². The van der Waals surface area contributed by atoms with Gasteiger partial charge in [-0.1, -0.05) is 53.6 Å². The minimum atomic E-state index is 0.0699. The van der Waals surface area contributed by atoms with Crippen molar-refractivity contribution in [3.63, 3.8) is 0 Å². The number of halogens is 1. The standard InChI is InChI=1S/C17H18ClNO/c1-13-2-4-15(5-3-13)12-19-17(20)11-8-14-6-9-16(18)10-7-14/h2-7,9-10H,8,11-12H2,1H3,(H,19,20). The molecule has 0 spiro atoms. The van der Waals surface area contributed by atoms with E-state index in [9.17, 15) is 4.79 Å². The summed E-state index contributed by atoms with van der Waals surface area (Å²) in [5.74, 6) is 0.0699. The van der Waals surface area contributed by atoms with Crippen LogP contribution in [0.15, 0.2) is 48.5 Å². The molecule has 0 aliphatic rings. The van der Waals surface area contributed by atoms with Crippen molar-refractivity contribution in [2.24, 2.45) is 0 Å². The van der Waals surface area contributed by atoms with Gasteiger partial charge >= 0.3 is 0 Å². The van der Waals surface area contributed by atoms with Gasteiger partial charge in [-0.05, 0) is 36.6 Å². The summed E-state index contributed by atoms with van der Waals surface area (Å²) in [4.78, 5) is 11.8. The smallest absolute Gasteiger partial charge is 0.220 e. The molecule has 2 aromatic rings. The first-order valence-electron chi connectivity index (χ1n) is 6.70. The molecule has 0 saturated heterocycles. The van der Waals surface area contributed by atoms with Gasteiger partial charge in [0.2, 0.25) is 5.91 Å². The maximum absolute atomic E-state index is 11.8. The van der Waals surface area contributed by atoms with Gasteiger partial charge in [0.25, 0.3) is 0 Å². The molecule has 0 saturated carbocycles. The lowest BCUT2D eigenvalue weighted by molar-refractivity contribution is -0.121. The van der Waals surface area contributed by atoms with Crippen molar-refractivity contribution in [2.45, 2.75) is 26.3 Å². The highest BCUT2D eigenvalue weighted by atomic mass is 35.5. The SMILES string of the molecule is Cc1ccc(CNC(=O)CCc2ccc(Cl)cc2)cc1. The second kappa shape index (κ2) is 7.11. The molecule has 0 fully saturated rings. The molecule has 1 N–H and O–H groups in total. The van der Waals surface area contributed by atoms with Gasteiger partial charge in [0.05, 0.1) is 0 Å². The highest BCUT2D eigenvalue weighted by Crippen LogP contribution is 2.11. The van der Waals surface area contributed by atoms with Crippen LogP contribution in [-0.2, 0) is 17.8 Å². The van der Waals surface area contributed by atoms with Gasteiger partial charge in [-0.25, -0.2) is 0 Å². The Labute approximate surface area is 124 Å². The summed E-state index contributed by atoms with van der Waals surface area (Å²) in [6, 6.07) is 15.8. The second-order valence-electron chi connectivity index (χ2n) is 4.89. The van der Waals surface area contributed by atoms with E-state index in [4.69, 9.17) is 11.6 Å². The summed E-state index contributed by atoms with van der Waals surface area (Å²) in [5.41, 5.74) is 3.47. The summed E-state index contributed by atoms with van der Waals surface area (Å²) in [6.07, 6.45) is 1.23. The van der Waals surface area contributed by atoms with E-state index in [1.165, 1.54) is 5.56 Å². The summed E-state index contributed by atoms with van der Waals surface area (Å²) >= 11 is 5.82.